The van der Waals surface area contributed by atoms with E-state index >= 15 is 0 Å². The number of ether oxygens (including phenoxy) is 2. The van der Waals surface area contributed by atoms with Crippen LogP contribution in [0.25, 0.3) is 32.2 Å². The van der Waals surface area contributed by atoms with E-state index in [0.29, 0.717) is 5.17 Å². The van der Waals surface area contributed by atoms with Crippen molar-refractivity contribution in [3.05, 3.63) is 107 Å². The summed E-state index contributed by atoms with van der Waals surface area (Å²) in [6.07, 6.45) is 3.76. The van der Waals surface area contributed by atoms with Gasteiger partial charge < -0.3 is 33.2 Å². The van der Waals surface area contributed by atoms with Gasteiger partial charge in [0.05, 0.1) is 11.4 Å². The largest absolute Gasteiger partial charge is 0.460 e. The van der Waals surface area contributed by atoms with Crippen molar-refractivity contribution in [1.29, 1.82) is 0 Å². The summed E-state index contributed by atoms with van der Waals surface area (Å²) in [6.45, 7) is 35.6. The van der Waals surface area contributed by atoms with Crippen LogP contribution < -0.4 is 9.80 Å². The highest BCUT2D eigenvalue weighted by Crippen LogP contribution is 2.41. The van der Waals surface area contributed by atoms with Crippen LogP contribution in [0, 0.1) is 13.1 Å². The van der Waals surface area contributed by atoms with E-state index in [2.05, 4.69) is 88.4 Å². The Morgan fingerprint density at radius 3 is 1.26 bits per heavy atom. The van der Waals surface area contributed by atoms with Crippen LogP contribution in [0.5, 0.6) is 0 Å². The number of thiocarbonyl (C=S) groups is 1. The van der Waals surface area contributed by atoms with Crippen molar-refractivity contribution in [3.8, 4) is 22.5 Å². The Balaban J connectivity index is 0. The Bertz CT molecular complexity index is 1680. The molecule has 296 valence electrons. The van der Waals surface area contributed by atoms with Gasteiger partial charge in [-0.05, 0) is 99.6 Å². The third-order valence-corrected chi connectivity index (χ3v) is 8.08. The van der Waals surface area contributed by atoms with Crippen molar-refractivity contribution in [3.63, 3.8) is 0 Å². The van der Waals surface area contributed by atoms with Crippen molar-refractivity contribution in [1.82, 2.24) is 9.13 Å². The summed E-state index contributed by atoms with van der Waals surface area (Å²) in [5.74, 6) is 0. The number of amides is 1. The van der Waals surface area contributed by atoms with E-state index in [1.807, 2.05) is 113 Å². The SMILES string of the molecule is CC.CC.CC.CC.CN1C(=O)OC(C)(C)c2cc(-c3cccn3C)ccc21.CN1C(=S)OC(C)(C)c2cc(-c3cccn3C)ccc21.[C-]#[N+]C.[C-]#[N+]C. The van der Waals surface area contributed by atoms with E-state index in [1.165, 1.54) is 25.4 Å². The minimum Gasteiger partial charge on any atom is -0.460 e. The van der Waals surface area contributed by atoms with Gasteiger partial charge in [0.1, 0.15) is 11.2 Å². The zero-order valence-corrected chi connectivity index (χ0v) is 37.1. The molecule has 2 aliphatic rings. The molecule has 2 aliphatic heterocycles. The first-order valence-corrected chi connectivity index (χ1v) is 19.0. The molecule has 0 radical (unpaired) electrons. The van der Waals surface area contributed by atoms with Crippen LogP contribution >= 0.6 is 12.2 Å². The van der Waals surface area contributed by atoms with Gasteiger partial charge in [-0.25, -0.2) is 17.9 Å². The smallest absolute Gasteiger partial charge is 0.414 e. The van der Waals surface area contributed by atoms with Crippen LogP contribution in [0.4, 0.5) is 16.2 Å². The molecule has 2 aromatic carbocycles. The average molecular weight is 759 g/mol. The molecular formula is C44H66N6O3S. The second kappa shape index (κ2) is 25.0. The third kappa shape index (κ3) is 13.1. The third-order valence-electron chi connectivity index (χ3n) is 7.72. The summed E-state index contributed by atoms with van der Waals surface area (Å²) in [4.78, 5) is 20.8. The van der Waals surface area contributed by atoms with Gasteiger partial charge in [0.2, 0.25) is 14.1 Å². The number of aryl methyl sites for hydroxylation is 2. The summed E-state index contributed by atoms with van der Waals surface area (Å²) in [7, 11) is 10.6. The van der Waals surface area contributed by atoms with E-state index in [1.54, 1.807) is 11.9 Å². The molecule has 0 bridgehead atoms. The molecule has 0 atom stereocenters. The maximum absolute atomic E-state index is 11.8. The highest BCUT2D eigenvalue weighted by molar-refractivity contribution is 7.80. The van der Waals surface area contributed by atoms with E-state index in [-0.39, 0.29) is 6.09 Å². The number of nitrogens with zero attached hydrogens (tertiary/aromatic N) is 6. The van der Waals surface area contributed by atoms with Gasteiger partial charge in [-0.15, -0.1) is 0 Å². The minimum atomic E-state index is -0.611. The standard InChI is InChI=1S/C16H18N2O2.C16H18N2OS.2C2H3N.4C2H6/c1-16(2)12-10-11(13-6-5-9-17(13)3)7-8-14(12)18(4)15(19)20-16;1-16(2)12-10-11(13-6-5-9-17(13)3)7-8-14(12)18(4)15(20)19-16;2*1-3-2;4*1-2/h2*5-10H,1-4H3;2*1H3;4*1-2H3. The van der Waals surface area contributed by atoms with Crippen molar-refractivity contribution in [2.24, 2.45) is 14.1 Å². The number of carbonyl (C=O) groups excluding carboxylic acids is 1. The summed E-state index contributed by atoms with van der Waals surface area (Å²) in [5.41, 5.74) is 7.84. The van der Waals surface area contributed by atoms with Gasteiger partial charge in [-0.2, -0.15) is 0 Å². The van der Waals surface area contributed by atoms with Crippen LogP contribution in [-0.4, -0.2) is 48.6 Å². The molecule has 4 heterocycles. The zero-order valence-electron chi connectivity index (χ0n) is 36.2. The number of carbonyl (C=O) groups is 1. The van der Waals surface area contributed by atoms with E-state index in [0.717, 1.165) is 33.8 Å². The van der Waals surface area contributed by atoms with Gasteiger partial charge in [-0.1, -0.05) is 67.5 Å². The molecular weight excluding hydrogens is 693 g/mol. The number of anilines is 2. The highest BCUT2D eigenvalue weighted by atomic mass is 32.1. The van der Waals surface area contributed by atoms with Crippen molar-refractivity contribution < 1.29 is 14.3 Å². The van der Waals surface area contributed by atoms with E-state index < -0.39 is 11.2 Å². The lowest BCUT2D eigenvalue weighted by Crippen LogP contribution is -2.41. The molecule has 4 aromatic rings. The Morgan fingerprint density at radius 1 is 0.593 bits per heavy atom. The van der Waals surface area contributed by atoms with Crippen molar-refractivity contribution >= 4 is 34.9 Å². The molecule has 54 heavy (non-hydrogen) atoms. The molecule has 0 spiro atoms. The number of cyclic esters (lactones) is 1. The number of hydrogen-bond donors (Lipinski definition) is 0. The Kier molecular flexibility index (Phi) is 23.7. The van der Waals surface area contributed by atoms with Crippen LogP contribution in [0.2, 0.25) is 0 Å². The minimum absolute atomic E-state index is 0.311. The van der Waals surface area contributed by atoms with Crippen LogP contribution in [0.15, 0.2) is 73.1 Å². The molecule has 9 nitrogen and oxygen atoms in total. The fourth-order valence-electron chi connectivity index (χ4n) is 5.34. The molecule has 0 saturated heterocycles. The summed E-state index contributed by atoms with van der Waals surface area (Å²) >= 11 is 5.29. The molecule has 2 aromatic heterocycles. The molecule has 0 N–H and O–H groups in total. The maximum Gasteiger partial charge on any atom is 0.414 e. The molecule has 10 heteroatoms. The Morgan fingerprint density at radius 2 is 0.926 bits per heavy atom. The summed E-state index contributed by atoms with van der Waals surface area (Å²) in [6, 6.07) is 20.8. The Labute approximate surface area is 333 Å². The molecule has 0 saturated carbocycles. The second-order valence-electron chi connectivity index (χ2n) is 11.8. The lowest BCUT2D eigenvalue weighted by atomic mass is 9.92. The molecule has 0 aliphatic carbocycles. The molecule has 0 unspecified atom stereocenters. The number of rotatable bonds is 2. The first-order chi connectivity index (χ1) is 25.6. The first-order valence-electron chi connectivity index (χ1n) is 18.6. The average Bonchev–Trinajstić information content (AvgIpc) is 3.81. The second-order valence-corrected chi connectivity index (χ2v) is 12.1. The first kappa shape index (κ1) is 51.0. The van der Waals surface area contributed by atoms with E-state index in [4.69, 9.17) is 34.8 Å². The summed E-state index contributed by atoms with van der Waals surface area (Å²) < 4.78 is 15.6. The van der Waals surface area contributed by atoms with Gasteiger partial charge >= 0.3 is 6.09 Å². The van der Waals surface area contributed by atoms with E-state index in [9.17, 15) is 4.79 Å². The zero-order chi connectivity index (χ0) is 42.4. The van der Waals surface area contributed by atoms with Gasteiger partial charge in [0.15, 0.2) is 0 Å². The fourth-order valence-corrected chi connectivity index (χ4v) is 5.65. The normalized spacial score (nSPS) is 13.2. The Hall–Kier alpha value is -5.06. The van der Waals surface area contributed by atoms with Crippen LogP contribution in [-0.2, 0) is 34.8 Å². The topological polar surface area (TPSA) is 60.6 Å². The van der Waals surface area contributed by atoms with Crippen molar-refractivity contribution in [2.45, 2.75) is 94.3 Å². The predicted octanol–water partition coefficient (Wildman–Crippen LogP) is 12.4. The predicted molar refractivity (Wildman–Crippen MR) is 235 cm³/mol. The van der Waals surface area contributed by atoms with Crippen LogP contribution in [0.3, 0.4) is 0 Å². The molecule has 0 fully saturated rings. The summed E-state index contributed by atoms with van der Waals surface area (Å²) in [5, 5.41) is 0.522. The maximum atomic E-state index is 11.8. The van der Waals surface area contributed by atoms with Crippen LogP contribution in [0.1, 0.15) is 94.2 Å². The number of hydrogen-bond acceptors (Lipinski definition) is 4. The quantitative estimate of drug-likeness (QED) is 0.150. The van der Waals surface area contributed by atoms with Gasteiger partial charge in [-0.3, -0.25) is 4.90 Å². The highest BCUT2D eigenvalue weighted by Gasteiger charge is 2.37. The van der Waals surface area contributed by atoms with Gasteiger partial charge in [0.25, 0.3) is 5.17 Å². The number of aromatic nitrogens is 2. The number of benzene rings is 2. The lowest BCUT2D eigenvalue weighted by Gasteiger charge is -2.39. The molecule has 1 amide bonds. The van der Waals surface area contributed by atoms with Crippen molar-refractivity contribution in [2.75, 3.05) is 38.0 Å². The monoisotopic (exact) mass is 758 g/mol. The van der Waals surface area contributed by atoms with Gasteiger partial charge in [0, 0.05) is 63.1 Å². The lowest BCUT2D eigenvalue weighted by molar-refractivity contribution is 0.0362. The number of fused-ring (bicyclic) bond motifs is 2. The molecule has 6 rings (SSSR count). The fraction of sp³-hybridized carbons (Fsp3) is 0.455.